The second-order valence-electron chi connectivity index (χ2n) is 9.29. The zero-order chi connectivity index (χ0) is 21.9. The SMILES string of the molecule is CC(C)C1CCC(C)(c2ccccc2)C(c2ccccc2)(c2ccccc2)C1SN=O. The molecular weight excluding hydrogens is 398 g/mol. The smallest absolute Gasteiger partial charge is 0.0477 e. The lowest BCUT2D eigenvalue weighted by Gasteiger charge is -2.59. The lowest BCUT2D eigenvalue weighted by molar-refractivity contribution is 0.127. The first-order valence-corrected chi connectivity index (χ1v) is 12.0. The molecule has 1 aliphatic carbocycles. The standard InChI is InChI=1S/C28H31NOS/c1-21(2)25-19-20-27(3,22-13-7-4-8-14-22)28(26(25)31-29-30,23-15-9-5-10-16-23)24-17-11-6-12-18-24/h4-18,21,25-26H,19-20H2,1-3H3. The molecule has 0 saturated heterocycles. The van der Waals surface area contributed by atoms with Gasteiger partial charge in [0.05, 0.1) is 0 Å². The van der Waals surface area contributed by atoms with Crippen molar-refractivity contribution in [3.8, 4) is 0 Å². The Morgan fingerprint density at radius 3 is 1.68 bits per heavy atom. The van der Waals surface area contributed by atoms with E-state index in [4.69, 9.17) is 0 Å². The Morgan fingerprint density at radius 1 is 0.806 bits per heavy atom. The van der Waals surface area contributed by atoms with E-state index in [1.165, 1.54) is 28.6 Å². The summed E-state index contributed by atoms with van der Waals surface area (Å²) in [6.45, 7) is 6.97. The Bertz CT molecular complexity index is 950. The topological polar surface area (TPSA) is 29.4 Å². The van der Waals surface area contributed by atoms with Crippen molar-refractivity contribution < 1.29 is 0 Å². The average Bonchev–Trinajstić information content (AvgIpc) is 2.81. The summed E-state index contributed by atoms with van der Waals surface area (Å²) in [6, 6.07) is 32.5. The molecule has 1 aliphatic rings. The molecule has 0 radical (unpaired) electrons. The second kappa shape index (κ2) is 9.00. The summed E-state index contributed by atoms with van der Waals surface area (Å²) < 4.78 is 3.46. The van der Waals surface area contributed by atoms with Gasteiger partial charge in [0.15, 0.2) is 0 Å². The van der Waals surface area contributed by atoms with Crippen LogP contribution in [0.25, 0.3) is 0 Å². The zero-order valence-corrected chi connectivity index (χ0v) is 19.4. The van der Waals surface area contributed by atoms with Gasteiger partial charge in [-0.05, 0) is 41.4 Å². The first-order chi connectivity index (χ1) is 15.1. The van der Waals surface area contributed by atoms with Crippen LogP contribution in [0.15, 0.2) is 95.6 Å². The molecule has 1 fully saturated rings. The molecule has 3 atom stereocenters. The van der Waals surface area contributed by atoms with Gasteiger partial charge in [-0.1, -0.05) is 112 Å². The minimum atomic E-state index is -0.386. The van der Waals surface area contributed by atoms with Crippen LogP contribution < -0.4 is 0 Å². The van der Waals surface area contributed by atoms with E-state index in [2.05, 4.69) is 116 Å². The predicted molar refractivity (Wildman–Crippen MR) is 132 cm³/mol. The van der Waals surface area contributed by atoms with Crippen molar-refractivity contribution in [1.82, 2.24) is 0 Å². The fraction of sp³-hybridized carbons (Fsp3) is 0.357. The number of nitrogens with zero attached hydrogens (tertiary/aromatic N) is 1. The second-order valence-corrected chi connectivity index (χ2v) is 10.2. The highest BCUT2D eigenvalue weighted by Gasteiger charge is 2.61. The van der Waals surface area contributed by atoms with Gasteiger partial charge in [0, 0.05) is 32.6 Å². The fourth-order valence-corrected chi connectivity index (χ4v) is 7.43. The number of hydrogen-bond donors (Lipinski definition) is 0. The van der Waals surface area contributed by atoms with Crippen molar-refractivity contribution >= 4 is 11.9 Å². The van der Waals surface area contributed by atoms with Crippen LogP contribution in [0.3, 0.4) is 0 Å². The average molecular weight is 430 g/mol. The number of hydrogen-bond acceptors (Lipinski definition) is 3. The van der Waals surface area contributed by atoms with E-state index in [1.54, 1.807) is 0 Å². The third kappa shape index (κ3) is 3.53. The van der Waals surface area contributed by atoms with E-state index in [0.717, 1.165) is 12.8 Å². The van der Waals surface area contributed by atoms with E-state index in [-0.39, 0.29) is 16.1 Å². The molecule has 0 spiro atoms. The molecule has 0 aromatic heterocycles. The van der Waals surface area contributed by atoms with Gasteiger partial charge in [-0.25, -0.2) is 0 Å². The van der Waals surface area contributed by atoms with E-state index < -0.39 is 0 Å². The van der Waals surface area contributed by atoms with Crippen LogP contribution in [0.1, 0.15) is 50.3 Å². The highest BCUT2D eigenvalue weighted by atomic mass is 32.2. The van der Waals surface area contributed by atoms with Crippen molar-refractivity contribution in [3.05, 3.63) is 113 Å². The third-order valence-corrected chi connectivity index (χ3v) is 8.56. The summed E-state index contributed by atoms with van der Waals surface area (Å²) in [4.78, 5) is 11.9. The monoisotopic (exact) mass is 429 g/mol. The highest BCUT2D eigenvalue weighted by molar-refractivity contribution is 7.98. The van der Waals surface area contributed by atoms with Crippen molar-refractivity contribution in [1.29, 1.82) is 0 Å². The Hall–Kier alpha value is -2.39. The molecule has 0 aliphatic heterocycles. The molecule has 2 nitrogen and oxygen atoms in total. The van der Waals surface area contributed by atoms with E-state index in [0.29, 0.717) is 11.8 Å². The first-order valence-electron chi connectivity index (χ1n) is 11.2. The minimum Gasteiger partial charge on any atom is -0.137 e. The molecule has 0 bridgehead atoms. The molecule has 3 aromatic carbocycles. The van der Waals surface area contributed by atoms with Crippen LogP contribution >= 0.6 is 11.9 Å². The van der Waals surface area contributed by atoms with Gasteiger partial charge < -0.3 is 0 Å². The molecular formula is C28H31NOS. The van der Waals surface area contributed by atoms with Crippen molar-refractivity contribution in [3.63, 3.8) is 0 Å². The van der Waals surface area contributed by atoms with Crippen LogP contribution in [0, 0.1) is 16.7 Å². The first kappa shape index (κ1) is 21.8. The summed E-state index contributed by atoms with van der Waals surface area (Å²) in [7, 11) is 0. The quantitative estimate of drug-likeness (QED) is 0.296. The van der Waals surface area contributed by atoms with Crippen LogP contribution in [0.2, 0.25) is 0 Å². The minimum absolute atomic E-state index is 0.0359. The largest absolute Gasteiger partial charge is 0.137 e. The molecule has 0 N–H and O–H groups in total. The zero-order valence-electron chi connectivity index (χ0n) is 18.6. The third-order valence-electron chi connectivity index (χ3n) is 7.55. The lowest BCUT2D eigenvalue weighted by atomic mass is 9.46. The molecule has 0 heterocycles. The van der Waals surface area contributed by atoms with Crippen molar-refractivity contribution in [2.75, 3.05) is 0 Å². The van der Waals surface area contributed by atoms with Crippen LogP contribution in [0.5, 0.6) is 0 Å². The van der Waals surface area contributed by atoms with Crippen LogP contribution in [0.4, 0.5) is 0 Å². The lowest BCUT2D eigenvalue weighted by Crippen LogP contribution is -2.60. The Morgan fingerprint density at radius 2 is 1.26 bits per heavy atom. The number of rotatable bonds is 6. The Balaban J connectivity index is 2.12. The molecule has 1 saturated carbocycles. The molecule has 4 rings (SSSR count). The summed E-state index contributed by atoms with van der Waals surface area (Å²) in [5.74, 6) is 0.853. The maximum Gasteiger partial charge on any atom is 0.0477 e. The molecule has 31 heavy (non-hydrogen) atoms. The van der Waals surface area contributed by atoms with Crippen molar-refractivity contribution in [2.45, 2.75) is 49.7 Å². The molecule has 0 amide bonds. The molecule has 160 valence electrons. The van der Waals surface area contributed by atoms with E-state index in [1.807, 2.05) is 0 Å². The maximum atomic E-state index is 11.9. The number of nitroso groups, excluding NO2 is 1. The number of benzene rings is 3. The Labute approximate surface area is 190 Å². The molecule has 3 heteroatoms. The van der Waals surface area contributed by atoms with Gasteiger partial charge in [-0.2, -0.15) is 0 Å². The molecule has 3 unspecified atom stereocenters. The van der Waals surface area contributed by atoms with Crippen LogP contribution in [-0.2, 0) is 10.8 Å². The van der Waals surface area contributed by atoms with Gasteiger partial charge in [-0.15, -0.1) is 4.91 Å². The van der Waals surface area contributed by atoms with E-state index in [9.17, 15) is 4.91 Å². The summed E-state index contributed by atoms with van der Waals surface area (Å²) in [5.41, 5.74) is 3.27. The highest BCUT2D eigenvalue weighted by Crippen LogP contribution is 2.62. The summed E-state index contributed by atoms with van der Waals surface area (Å²) in [5, 5.41) is 0.0359. The van der Waals surface area contributed by atoms with Gasteiger partial charge >= 0.3 is 0 Å². The van der Waals surface area contributed by atoms with Gasteiger partial charge in [0.25, 0.3) is 0 Å². The Kier molecular flexibility index (Phi) is 6.34. The van der Waals surface area contributed by atoms with E-state index >= 15 is 0 Å². The molecule has 3 aromatic rings. The maximum absolute atomic E-state index is 11.9. The van der Waals surface area contributed by atoms with Crippen molar-refractivity contribution in [2.24, 2.45) is 16.4 Å². The fourth-order valence-electron chi connectivity index (χ4n) is 6.04. The summed E-state index contributed by atoms with van der Waals surface area (Å²) in [6.07, 6.45) is 2.14. The summed E-state index contributed by atoms with van der Waals surface area (Å²) >= 11 is 1.25. The predicted octanol–water partition coefficient (Wildman–Crippen LogP) is 7.78. The van der Waals surface area contributed by atoms with Crippen LogP contribution in [-0.4, -0.2) is 5.25 Å². The van der Waals surface area contributed by atoms with Gasteiger partial charge in [-0.3, -0.25) is 0 Å². The van der Waals surface area contributed by atoms with Gasteiger partial charge in [0.1, 0.15) is 0 Å². The van der Waals surface area contributed by atoms with Gasteiger partial charge in [0.2, 0.25) is 0 Å². The normalized spacial score (nSPS) is 25.3.